The maximum Gasteiger partial charge on any atom is 0.0833 e. The zero-order chi connectivity index (χ0) is 11.2. The molecule has 1 aromatic carbocycles. The van der Waals surface area contributed by atoms with Gasteiger partial charge < -0.3 is 14.6 Å². The fraction of sp³-hybridized carbons (Fsp3) is 0.538. The Hall–Kier alpha value is -0.900. The van der Waals surface area contributed by atoms with Gasteiger partial charge in [-0.25, -0.2) is 0 Å². The molecule has 0 aliphatic carbocycles. The maximum absolute atomic E-state index is 9.46. The molecule has 1 N–H and O–H groups in total. The lowest BCUT2D eigenvalue weighted by molar-refractivity contribution is -0.0811. The van der Waals surface area contributed by atoms with Crippen LogP contribution in [0.25, 0.3) is 0 Å². The monoisotopic (exact) mass is 222 g/mol. The number of ether oxygens (including phenoxy) is 2. The van der Waals surface area contributed by atoms with Crippen LogP contribution in [0, 0.1) is 0 Å². The van der Waals surface area contributed by atoms with Crippen LogP contribution in [0.15, 0.2) is 30.3 Å². The van der Waals surface area contributed by atoms with Gasteiger partial charge in [0.25, 0.3) is 0 Å². The Balaban J connectivity index is 1.68. The molecule has 1 aromatic rings. The van der Waals surface area contributed by atoms with E-state index in [-0.39, 0.29) is 12.2 Å². The van der Waals surface area contributed by atoms with Crippen molar-refractivity contribution < 1.29 is 14.6 Å². The second-order valence-corrected chi connectivity index (χ2v) is 4.17. The van der Waals surface area contributed by atoms with Crippen molar-refractivity contribution in [2.45, 2.75) is 31.7 Å². The van der Waals surface area contributed by atoms with Crippen molar-refractivity contribution in [2.75, 3.05) is 13.2 Å². The summed E-state index contributed by atoms with van der Waals surface area (Å²) in [4.78, 5) is 0. The number of aliphatic hydroxyl groups excluding tert-OH is 1. The van der Waals surface area contributed by atoms with Gasteiger partial charge in [0.05, 0.1) is 25.4 Å². The van der Waals surface area contributed by atoms with Gasteiger partial charge in [-0.1, -0.05) is 30.3 Å². The molecule has 2 rings (SSSR count). The molecule has 3 nitrogen and oxygen atoms in total. The molecule has 0 amide bonds. The van der Waals surface area contributed by atoms with Crippen molar-refractivity contribution in [3.63, 3.8) is 0 Å². The van der Waals surface area contributed by atoms with E-state index in [1.807, 2.05) is 30.3 Å². The van der Waals surface area contributed by atoms with E-state index in [0.717, 1.165) is 6.42 Å². The van der Waals surface area contributed by atoms with Gasteiger partial charge in [0.1, 0.15) is 0 Å². The molecule has 0 radical (unpaired) electrons. The number of hydrogen-bond acceptors (Lipinski definition) is 3. The highest BCUT2D eigenvalue weighted by Crippen LogP contribution is 2.14. The second-order valence-electron chi connectivity index (χ2n) is 4.17. The highest BCUT2D eigenvalue weighted by Gasteiger charge is 2.20. The summed E-state index contributed by atoms with van der Waals surface area (Å²) in [6.07, 6.45) is 1.26. The fourth-order valence-corrected chi connectivity index (χ4v) is 1.86. The zero-order valence-corrected chi connectivity index (χ0v) is 9.34. The molecule has 1 heterocycles. The maximum atomic E-state index is 9.46. The predicted octanol–water partition coefficient (Wildman–Crippen LogP) is 1.74. The van der Waals surface area contributed by atoms with Crippen LogP contribution < -0.4 is 0 Å². The molecule has 1 saturated heterocycles. The van der Waals surface area contributed by atoms with Gasteiger partial charge in [-0.2, -0.15) is 0 Å². The van der Waals surface area contributed by atoms with Gasteiger partial charge in [0.2, 0.25) is 0 Å². The molecule has 1 aliphatic rings. The van der Waals surface area contributed by atoms with E-state index in [9.17, 15) is 5.11 Å². The van der Waals surface area contributed by atoms with Crippen LogP contribution >= 0.6 is 0 Å². The van der Waals surface area contributed by atoms with E-state index in [1.54, 1.807) is 0 Å². The minimum Gasteiger partial charge on any atom is -0.393 e. The van der Waals surface area contributed by atoms with Crippen molar-refractivity contribution in [1.29, 1.82) is 0 Å². The van der Waals surface area contributed by atoms with E-state index in [4.69, 9.17) is 9.47 Å². The van der Waals surface area contributed by atoms with E-state index < -0.39 is 0 Å². The van der Waals surface area contributed by atoms with Gasteiger partial charge in [-0.15, -0.1) is 0 Å². The molecular weight excluding hydrogens is 204 g/mol. The van der Waals surface area contributed by atoms with E-state index in [0.29, 0.717) is 26.2 Å². The number of rotatable bonds is 4. The lowest BCUT2D eigenvalue weighted by Gasteiger charge is -2.26. The van der Waals surface area contributed by atoms with Crippen molar-refractivity contribution >= 4 is 0 Å². The Bertz CT molecular complexity index is 299. The Kier molecular flexibility index (Phi) is 4.34. The molecular formula is C13H18O3. The molecule has 16 heavy (non-hydrogen) atoms. The van der Waals surface area contributed by atoms with Gasteiger partial charge in [-0.05, 0) is 12.0 Å². The summed E-state index contributed by atoms with van der Waals surface area (Å²) < 4.78 is 11.1. The van der Waals surface area contributed by atoms with Crippen LogP contribution in [0.3, 0.4) is 0 Å². The van der Waals surface area contributed by atoms with Crippen molar-refractivity contribution in [2.24, 2.45) is 0 Å². The number of benzene rings is 1. The topological polar surface area (TPSA) is 38.7 Å². The van der Waals surface area contributed by atoms with Crippen LogP contribution in [0.4, 0.5) is 0 Å². The predicted molar refractivity (Wildman–Crippen MR) is 61.1 cm³/mol. The Morgan fingerprint density at radius 2 is 2.12 bits per heavy atom. The zero-order valence-electron chi connectivity index (χ0n) is 9.34. The minimum absolute atomic E-state index is 0.0486. The highest BCUT2D eigenvalue weighted by atomic mass is 16.5. The Morgan fingerprint density at radius 3 is 2.88 bits per heavy atom. The van der Waals surface area contributed by atoms with Gasteiger partial charge >= 0.3 is 0 Å². The summed E-state index contributed by atoms with van der Waals surface area (Å²) in [6.45, 7) is 1.81. The summed E-state index contributed by atoms with van der Waals surface area (Å²) in [5.41, 5.74) is 1.17. The third-order valence-electron chi connectivity index (χ3n) is 2.75. The molecule has 3 heteroatoms. The molecule has 1 aliphatic heterocycles. The van der Waals surface area contributed by atoms with Crippen LogP contribution in [-0.2, 0) is 16.1 Å². The SMILES string of the molecule is OC1CCO[C@@H](COCc2ccccc2)C1. The summed E-state index contributed by atoms with van der Waals surface area (Å²) in [7, 11) is 0. The molecule has 1 fully saturated rings. The molecule has 1 unspecified atom stereocenters. The van der Waals surface area contributed by atoms with Crippen LogP contribution in [-0.4, -0.2) is 30.5 Å². The average molecular weight is 222 g/mol. The van der Waals surface area contributed by atoms with E-state index in [1.165, 1.54) is 5.56 Å². The molecule has 0 saturated carbocycles. The number of aliphatic hydroxyl groups is 1. The van der Waals surface area contributed by atoms with E-state index >= 15 is 0 Å². The summed E-state index contributed by atoms with van der Waals surface area (Å²) >= 11 is 0. The van der Waals surface area contributed by atoms with Crippen LogP contribution in [0.1, 0.15) is 18.4 Å². The summed E-state index contributed by atoms with van der Waals surface area (Å²) in [6, 6.07) is 10.1. The summed E-state index contributed by atoms with van der Waals surface area (Å²) in [5.74, 6) is 0. The standard InChI is InChI=1S/C13H18O3/c14-12-6-7-16-13(8-12)10-15-9-11-4-2-1-3-5-11/h1-5,12-14H,6-10H2/t12?,13-/m1/s1. The molecule has 0 aromatic heterocycles. The number of hydrogen-bond donors (Lipinski definition) is 1. The van der Waals surface area contributed by atoms with Gasteiger partial charge in [0, 0.05) is 13.0 Å². The smallest absolute Gasteiger partial charge is 0.0833 e. The lowest BCUT2D eigenvalue weighted by atomic mass is 10.1. The van der Waals surface area contributed by atoms with Crippen molar-refractivity contribution in [1.82, 2.24) is 0 Å². The van der Waals surface area contributed by atoms with Crippen molar-refractivity contribution in [3.8, 4) is 0 Å². The van der Waals surface area contributed by atoms with Gasteiger partial charge in [0.15, 0.2) is 0 Å². The summed E-state index contributed by atoms with van der Waals surface area (Å²) in [5, 5.41) is 9.46. The lowest BCUT2D eigenvalue weighted by Crippen LogP contribution is -2.32. The first-order valence-electron chi connectivity index (χ1n) is 5.76. The molecule has 88 valence electrons. The van der Waals surface area contributed by atoms with Crippen LogP contribution in [0.5, 0.6) is 0 Å². The highest BCUT2D eigenvalue weighted by molar-refractivity contribution is 5.13. The quantitative estimate of drug-likeness (QED) is 0.843. The normalized spacial score (nSPS) is 25.6. The first-order valence-corrected chi connectivity index (χ1v) is 5.76. The van der Waals surface area contributed by atoms with Crippen LogP contribution in [0.2, 0.25) is 0 Å². The first kappa shape index (κ1) is 11.6. The minimum atomic E-state index is -0.223. The second kappa shape index (κ2) is 5.99. The third-order valence-corrected chi connectivity index (χ3v) is 2.75. The Labute approximate surface area is 96.0 Å². The molecule has 2 atom stereocenters. The van der Waals surface area contributed by atoms with Crippen molar-refractivity contribution in [3.05, 3.63) is 35.9 Å². The molecule has 0 spiro atoms. The Morgan fingerprint density at radius 1 is 1.31 bits per heavy atom. The van der Waals surface area contributed by atoms with Gasteiger partial charge in [-0.3, -0.25) is 0 Å². The molecule has 0 bridgehead atoms. The first-order chi connectivity index (χ1) is 7.84. The largest absolute Gasteiger partial charge is 0.393 e. The van der Waals surface area contributed by atoms with E-state index in [2.05, 4.69) is 0 Å². The average Bonchev–Trinajstić information content (AvgIpc) is 2.30. The fourth-order valence-electron chi connectivity index (χ4n) is 1.86. The third kappa shape index (κ3) is 3.59.